The number of fused-ring (bicyclic) bond motifs is 3. The Bertz CT molecular complexity index is 652. The van der Waals surface area contributed by atoms with E-state index in [2.05, 4.69) is 58.5 Å². The molecule has 0 radical (unpaired) electrons. The molecule has 2 unspecified atom stereocenters. The van der Waals surface area contributed by atoms with Gasteiger partial charge in [0, 0.05) is 31.0 Å². The average Bonchev–Trinajstić information content (AvgIpc) is 2.68. The number of pyridine rings is 1. The molecule has 126 valence electrons. The van der Waals surface area contributed by atoms with Crippen molar-refractivity contribution >= 4 is 0 Å². The number of hydrogen-bond donors (Lipinski definition) is 1. The molecule has 0 spiro atoms. The first-order chi connectivity index (χ1) is 11.8. The highest BCUT2D eigenvalue weighted by Crippen LogP contribution is 2.53. The summed E-state index contributed by atoms with van der Waals surface area (Å²) in [5.74, 6) is 1.00. The molecule has 1 N–H and O–H groups in total. The summed E-state index contributed by atoms with van der Waals surface area (Å²) in [5, 5.41) is 9.83. The zero-order chi connectivity index (χ0) is 16.4. The van der Waals surface area contributed by atoms with Crippen LogP contribution in [0.15, 0.2) is 54.9 Å². The van der Waals surface area contributed by atoms with E-state index in [-0.39, 0.29) is 12.0 Å². The van der Waals surface area contributed by atoms with Crippen LogP contribution in [-0.4, -0.2) is 41.2 Å². The third-order valence-corrected chi connectivity index (χ3v) is 6.24. The van der Waals surface area contributed by atoms with Crippen molar-refractivity contribution in [2.24, 2.45) is 5.92 Å². The molecule has 4 heterocycles. The van der Waals surface area contributed by atoms with Crippen LogP contribution in [0.1, 0.15) is 36.3 Å². The normalized spacial score (nSPS) is 30.2. The highest BCUT2D eigenvalue weighted by molar-refractivity contribution is 5.36. The van der Waals surface area contributed by atoms with Crippen LogP contribution >= 0.6 is 0 Å². The van der Waals surface area contributed by atoms with E-state index < -0.39 is 0 Å². The fraction of sp³-hybridized carbons (Fsp3) is 0.476. The van der Waals surface area contributed by atoms with Gasteiger partial charge >= 0.3 is 0 Å². The van der Waals surface area contributed by atoms with Crippen LogP contribution in [0.3, 0.4) is 0 Å². The number of aromatic nitrogens is 1. The average molecular weight is 322 g/mol. The molecule has 0 saturated carbocycles. The van der Waals surface area contributed by atoms with Gasteiger partial charge in [-0.25, -0.2) is 0 Å². The molecule has 5 rings (SSSR count). The number of rotatable bonds is 5. The molecule has 2 atom stereocenters. The van der Waals surface area contributed by atoms with Gasteiger partial charge in [-0.1, -0.05) is 36.4 Å². The first kappa shape index (κ1) is 15.8. The zero-order valence-electron chi connectivity index (χ0n) is 14.1. The molecule has 0 aliphatic carbocycles. The molecule has 3 saturated heterocycles. The van der Waals surface area contributed by atoms with Crippen LogP contribution in [0, 0.1) is 5.92 Å². The summed E-state index contributed by atoms with van der Waals surface area (Å²) in [6, 6.07) is 15.1. The Balaban J connectivity index is 1.85. The Hall–Kier alpha value is -1.71. The van der Waals surface area contributed by atoms with Gasteiger partial charge in [0.1, 0.15) is 0 Å². The lowest BCUT2D eigenvalue weighted by molar-refractivity contribution is 0.00216. The van der Waals surface area contributed by atoms with Crippen molar-refractivity contribution in [1.82, 2.24) is 9.88 Å². The van der Waals surface area contributed by atoms with E-state index in [9.17, 15) is 5.11 Å². The van der Waals surface area contributed by atoms with E-state index in [1.807, 2.05) is 6.20 Å². The quantitative estimate of drug-likeness (QED) is 0.918. The number of benzene rings is 1. The lowest BCUT2D eigenvalue weighted by atomic mass is 9.55. The highest BCUT2D eigenvalue weighted by Gasteiger charge is 2.52. The van der Waals surface area contributed by atoms with Gasteiger partial charge in [-0.3, -0.25) is 4.98 Å². The molecule has 3 heteroatoms. The second kappa shape index (κ2) is 6.66. The number of hydrogen-bond acceptors (Lipinski definition) is 3. The predicted octanol–water partition coefficient (Wildman–Crippen LogP) is 3.21. The Labute approximate surface area is 144 Å². The maximum Gasteiger partial charge on any atom is 0.0437 e. The molecule has 3 aliphatic heterocycles. The van der Waals surface area contributed by atoms with Gasteiger partial charge in [0.25, 0.3) is 0 Å². The molecule has 3 nitrogen and oxygen atoms in total. The summed E-state index contributed by atoms with van der Waals surface area (Å²) in [4.78, 5) is 7.06. The Kier molecular flexibility index (Phi) is 4.38. The minimum atomic E-state index is 0.0643. The number of aliphatic hydroxyl groups is 1. The maximum atomic E-state index is 9.83. The van der Waals surface area contributed by atoms with Crippen LogP contribution in [0.4, 0.5) is 0 Å². The van der Waals surface area contributed by atoms with Crippen LogP contribution in [0.5, 0.6) is 0 Å². The van der Waals surface area contributed by atoms with Gasteiger partial charge in [0.05, 0.1) is 0 Å². The highest BCUT2D eigenvalue weighted by atomic mass is 16.3. The fourth-order valence-electron chi connectivity index (χ4n) is 5.20. The van der Waals surface area contributed by atoms with Crippen molar-refractivity contribution < 1.29 is 5.11 Å². The molecule has 1 aromatic carbocycles. The molecule has 24 heavy (non-hydrogen) atoms. The second-order valence-corrected chi connectivity index (χ2v) is 7.31. The van der Waals surface area contributed by atoms with Gasteiger partial charge in [0.15, 0.2) is 0 Å². The van der Waals surface area contributed by atoms with Gasteiger partial charge in [-0.15, -0.1) is 0 Å². The van der Waals surface area contributed by atoms with E-state index in [0.29, 0.717) is 11.8 Å². The van der Waals surface area contributed by atoms with Crippen molar-refractivity contribution in [3.63, 3.8) is 0 Å². The van der Waals surface area contributed by atoms with Crippen LogP contribution in [0.2, 0.25) is 0 Å². The van der Waals surface area contributed by atoms with Crippen molar-refractivity contribution in [1.29, 1.82) is 0 Å². The van der Waals surface area contributed by atoms with E-state index in [1.54, 1.807) is 0 Å². The van der Waals surface area contributed by atoms with Gasteiger partial charge in [-0.2, -0.15) is 0 Å². The third-order valence-electron chi connectivity index (χ3n) is 6.24. The van der Waals surface area contributed by atoms with Gasteiger partial charge in [-0.05, 0) is 61.4 Å². The molecule has 3 fully saturated rings. The molecule has 3 aliphatic rings. The molecule has 2 aromatic rings. The minimum absolute atomic E-state index is 0.0643. The first-order valence-electron chi connectivity index (χ1n) is 9.13. The van der Waals surface area contributed by atoms with E-state index in [1.165, 1.54) is 37.1 Å². The SMILES string of the molecule is OCCC(c1ccccc1)C1(c2cccnc2)CN2CCC1CC2. The summed E-state index contributed by atoms with van der Waals surface area (Å²) in [7, 11) is 0. The summed E-state index contributed by atoms with van der Waals surface area (Å²) >= 11 is 0. The first-order valence-corrected chi connectivity index (χ1v) is 9.13. The molecule has 1 aromatic heterocycles. The van der Waals surface area contributed by atoms with Gasteiger partial charge < -0.3 is 10.0 Å². The third kappa shape index (κ3) is 2.56. The van der Waals surface area contributed by atoms with Crippen molar-refractivity contribution in [2.45, 2.75) is 30.6 Å². The monoisotopic (exact) mass is 322 g/mol. The summed E-state index contributed by atoms with van der Waals surface area (Å²) in [5.41, 5.74) is 2.76. The van der Waals surface area contributed by atoms with E-state index >= 15 is 0 Å². The number of piperidine rings is 3. The standard InChI is InChI=1S/C21H26N2O/c24-14-10-20(17-5-2-1-3-6-17)21(19-7-4-11-22-15-19)16-23-12-8-18(21)9-13-23/h1-7,11,15,18,20,24H,8-10,12-14,16H2. The van der Waals surface area contributed by atoms with Crippen LogP contribution in [-0.2, 0) is 5.41 Å². The van der Waals surface area contributed by atoms with E-state index in [0.717, 1.165) is 13.0 Å². The molecule has 2 bridgehead atoms. The second-order valence-electron chi connectivity index (χ2n) is 7.31. The smallest absolute Gasteiger partial charge is 0.0437 e. The maximum absolute atomic E-state index is 9.83. The molecular formula is C21H26N2O. The summed E-state index contributed by atoms with van der Waals surface area (Å²) < 4.78 is 0. The molecule has 0 amide bonds. The van der Waals surface area contributed by atoms with Crippen molar-refractivity contribution in [3.8, 4) is 0 Å². The molecular weight excluding hydrogens is 296 g/mol. The summed E-state index contributed by atoms with van der Waals surface area (Å²) in [6.45, 7) is 3.75. The number of nitrogens with zero attached hydrogens (tertiary/aromatic N) is 2. The minimum Gasteiger partial charge on any atom is -0.396 e. The fourth-order valence-corrected chi connectivity index (χ4v) is 5.20. The lowest BCUT2D eigenvalue weighted by Crippen LogP contribution is -2.59. The van der Waals surface area contributed by atoms with E-state index in [4.69, 9.17) is 0 Å². The Morgan fingerprint density at radius 1 is 1.12 bits per heavy atom. The van der Waals surface area contributed by atoms with Crippen LogP contribution in [0.25, 0.3) is 0 Å². The van der Waals surface area contributed by atoms with Crippen LogP contribution < -0.4 is 0 Å². The lowest BCUT2D eigenvalue weighted by Gasteiger charge is -2.57. The van der Waals surface area contributed by atoms with Crippen molar-refractivity contribution in [3.05, 3.63) is 66.0 Å². The zero-order valence-corrected chi connectivity index (χ0v) is 14.1. The predicted molar refractivity (Wildman–Crippen MR) is 96.0 cm³/mol. The van der Waals surface area contributed by atoms with Crippen molar-refractivity contribution in [2.75, 3.05) is 26.2 Å². The summed E-state index contributed by atoms with van der Waals surface area (Å²) in [6.07, 6.45) is 7.24. The van der Waals surface area contributed by atoms with Gasteiger partial charge in [0.2, 0.25) is 0 Å². The topological polar surface area (TPSA) is 36.4 Å². The number of aliphatic hydroxyl groups excluding tert-OH is 1. The Morgan fingerprint density at radius 3 is 2.50 bits per heavy atom. The largest absolute Gasteiger partial charge is 0.396 e. The Morgan fingerprint density at radius 2 is 1.92 bits per heavy atom.